The molecule has 0 bridgehead atoms. The van der Waals surface area contributed by atoms with Crippen molar-refractivity contribution < 1.29 is 45.3 Å². The summed E-state index contributed by atoms with van der Waals surface area (Å²) in [6.07, 6.45) is -14.4. The summed E-state index contributed by atoms with van der Waals surface area (Å²) in [4.78, 5) is 0. The summed E-state index contributed by atoms with van der Waals surface area (Å²) in [7, 11) is 0. The topological polar surface area (TPSA) is 50.7 Å². The van der Waals surface area contributed by atoms with E-state index < -0.39 is 53.4 Å². The number of hydrogen-bond acceptors (Lipinski definition) is 4. The van der Waals surface area contributed by atoms with Gasteiger partial charge < -0.3 is 19.9 Å². The van der Waals surface area contributed by atoms with Gasteiger partial charge in [-0.1, -0.05) is 42.5 Å². The highest BCUT2D eigenvalue weighted by molar-refractivity contribution is 5.34. The third-order valence-corrected chi connectivity index (χ3v) is 5.62. The van der Waals surface area contributed by atoms with Crippen molar-refractivity contribution in [3.05, 3.63) is 106 Å². The Bertz CT molecular complexity index is 1120. The molecule has 0 amide bonds. The smallest absolute Gasteiger partial charge is 0.383 e. The Morgan fingerprint density at radius 1 is 0.816 bits per heavy atom. The predicted molar refractivity (Wildman–Crippen MR) is 125 cm³/mol. The maximum Gasteiger partial charge on any atom is 0.416 e. The largest absolute Gasteiger partial charge is 0.416 e. The molecule has 0 aliphatic rings. The summed E-state index contributed by atoms with van der Waals surface area (Å²) in [5.41, 5.74) is -2.20. The Hall–Kier alpha value is -2.99. The van der Waals surface area contributed by atoms with E-state index in [0.29, 0.717) is 25.2 Å². The first-order valence-corrected chi connectivity index (χ1v) is 11.6. The molecule has 3 aromatic rings. The minimum atomic E-state index is -5.02. The van der Waals surface area contributed by atoms with E-state index in [1.165, 1.54) is 19.1 Å². The molecule has 0 heterocycles. The van der Waals surface area contributed by atoms with E-state index in [0.717, 1.165) is 17.7 Å². The average Bonchev–Trinajstić information content (AvgIpc) is 2.87. The van der Waals surface area contributed by atoms with Crippen LogP contribution < -0.4 is 5.32 Å². The lowest BCUT2D eigenvalue weighted by molar-refractivity contribution is -0.216. The second-order valence-corrected chi connectivity index (χ2v) is 8.52. The van der Waals surface area contributed by atoms with Gasteiger partial charge in [-0.15, -0.1) is 0 Å². The van der Waals surface area contributed by atoms with Gasteiger partial charge in [-0.2, -0.15) is 26.3 Å². The van der Waals surface area contributed by atoms with Crippen LogP contribution in [0.15, 0.2) is 72.8 Å². The number of hydrogen-bond donors (Lipinski definition) is 2. The molecular formula is C27H26F7NO3. The highest BCUT2D eigenvalue weighted by Gasteiger charge is 2.38. The van der Waals surface area contributed by atoms with Crippen LogP contribution in [0.1, 0.15) is 46.9 Å². The van der Waals surface area contributed by atoms with E-state index in [1.807, 2.05) is 30.3 Å². The van der Waals surface area contributed by atoms with Crippen LogP contribution in [0.4, 0.5) is 30.7 Å². The van der Waals surface area contributed by atoms with Gasteiger partial charge in [0.15, 0.2) is 6.29 Å². The molecule has 3 rings (SSSR count). The summed E-state index contributed by atoms with van der Waals surface area (Å²) >= 11 is 0. The van der Waals surface area contributed by atoms with Gasteiger partial charge in [0.2, 0.25) is 0 Å². The summed E-state index contributed by atoms with van der Waals surface area (Å²) in [6, 6.07) is 15.3. The number of aliphatic hydroxyl groups excluding tert-OH is 1. The molecule has 11 heteroatoms. The molecule has 0 radical (unpaired) electrons. The fraction of sp³-hybridized carbons (Fsp3) is 0.333. The second kappa shape index (κ2) is 12.7. The molecule has 0 saturated carbocycles. The van der Waals surface area contributed by atoms with E-state index in [-0.39, 0.29) is 18.2 Å². The first-order chi connectivity index (χ1) is 17.8. The zero-order valence-electron chi connectivity index (χ0n) is 20.2. The van der Waals surface area contributed by atoms with E-state index in [9.17, 15) is 35.8 Å². The van der Waals surface area contributed by atoms with E-state index in [1.54, 1.807) is 0 Å². The van der Waals surface area contributed by atoms with Crippen LogP contribution in [-0.4, -0.2) is 24.5 Å². The monoisotopic (exact) mass is 545 g/mol. The molecule has 0 aromatic heterocycles. The Balaban J connectivity index is 1.77. The van der Waals surface area contributed by atoms with Crippen molar-refractivity contribution in [1.29, 1.82) is 0 Å². The molecule has 0 unspecified atom stereocenters. The summed E-state index contributed by atoms with van der Waals surface area (Å²) < 4.78 is 104. The number of halogens is 7. The zero-order valence-corrected chi connectivity index (χ0v) is 20.2. The fourth-order valence-corrected chi connectivity index (χ4v) is 3.59. The molecule has 0 aliphatic heterocycles. The molecule has 3 atom stereocenters. The number of nitrogens with one attached hydrogen (secondary N) is 1. The van der Waals surface area contributed by atoms with Crippen molar-refractivity contribution >= 4 is 0 Å². The van der Waals surface area contributed by atoms with E-state index in [4.69, 9.17) is 9.47 Å². The van der Waals surface area contributed by atoms with Gasteiger partial charge >= 0.3 is 12.4 Å². The molecular weight excluding hydrogens is 519 g/mol. The molecule has 0 spiro atoms. The van der Waals surface area contributed by atoms with Gasteiger partial charge in [-0.3, -0.25) is 0 Å². The highest BCUT2D eigenvalue weighted by atomic mass is 19.4. The third kappa shape index (κ3) is 8.52. The lowest BCUT2D eigenvalue weighted by Gasteiger charge is -2.28. The predicted octanol–water partition coefficient (Wildman–Crippen LogP) is 6.81. The minimum Gasteiger partial charge on any atom is -0.383 e. The summed E-state index contributed by atoms with van der Waals surface area (Å²) in [5, 5.41) is 13.9. The standard InChI is InChI=1S/C27H26F7NO3/c1-17(20-13-21(26(29,30)31)15-22(14-20)27(32,33)34)38-25(24(36)19-7-9-23(28)10-8-19)37-12-11-35-16-18-5-3-2-4-6-18/h2-10,13-15,17,24-25,35-36H,11-12,16H2,1H3/t17-,24-,25-/m1/s1. The number of alkyl halides is 6. The fourth-order valence-electron chi connectivity index (χ4n) is 3.59. The molecule has 38 heavy (non-hydrogen) atoms. The van der Waals surface area contributed by atoms with Gasteiger partial charge in [-0.05, 0) is 53.9 Å². The second-order valence-electron chi connectivity index (χ2n) is 8.52. The van der Waals surface area contributed by atoms with Crippen LogP contribution in [0.3, 0.4) is 0 Å². The van der Waals surface area contributed by atoms with Crippen molar-refractivity contribution in [2.24, 2.45) is 0 Å². The first-order valence-electron chi connectivity index (χ1n) is 11.6. The van der Waals surface area contributed by atoms with E-state index >= 15 is 0 Å². The quantitative estimate of drug-likeness (QED) is 0.158. The minimum absolute atomic E-state index is 0.0150. The molecule has 0 fully saturated rings. The van der Waals surface area contributed by atoms with Crippen LogP contribution in [0.2, 0.25) is 0 Å². The normalized spacial score (nSPS) is 14.8. The highest BCUT2D eigenvalue weighted by Crippen LogP contribution is 2.38. The van der Waals surface area contributed by atoms with Crippen LogP contribution in [0.5, 0.6) is 0 Å². The Labute approximate surface area is 215 Å². The lowest BCUT2D eigenvalue weighted by Crippen LogP contribution is -2.30. The average molecular weight is 545 g/mol. The van der Waals surface area contributed by atoms with Gasteiger partial charge in [-0.25, -0.2) is 4.39 Å². The Morgan fingerprint density at radius 3 is 1.95 bits per heavy atom. The van der Waals surface area contributed by atoms with Crippen LogP contribution in [0.25, 0.3) is 0 Å². The molecule has 0 saturated heterocycles. The first kappa shape index (κ1) is 29.6. The van der Waals surface area contributed by atoms with Crippen molar-refractivity contribution in [2.45, 2.75) is 44.3 Å². The maximum absolute atomic E-state index is 13.3. The maximum atomic E-state index is 13.3. The summed E-state index contributed by atoms with van der Waals surface area (Å²) in [5.74, 6) is -0.568. The van der Waals surface area contributed by atoms with Crippen LogP contribution >= 0.6 is 0 Å². The Morgan fingerprint density at radius 2 is 1.39 bits per heavy atom. The van der Waals surface area contributed by atoms with Gasteiger partial charge in [0, 0.05) is 13.1 Å². The van der Waals surface area contributed by atoms with Crippen molar-refractivity contribution in [1.82, 2.24) is 5.32 Å². The molecule has 3 aromatic carbocycles. The number of rotatable bonds is 11. The van der Waals surface area contributed by atoms with Crippen molar-refractivity contribution in [3.8, 4) is 0 Å². The third-order valence-electron chi connectivity index (χ3n) is 5.62. The summed E-state index contributed by atoms with van der Waals surface area (Å²) in [6.45, 7) is 2.04. The van der Waals surface area contributed by atoms with Gasteiger partial charge in [0.25, 0.3) is 0 Å². The zero-order chi connectivity index (χ0) is 27.9. The number of benzene rings is 3. The SMILES string of the molecule is C[C@@H](O[C@@H](OCCNCc1ccccc1)[C@H](O)c1ccc(F)cc1)c1cc(C(F)(F)F)cc(C(F)(F)F)c1. The van der Waals surface area contributed by atoms with Crippen LogP contribution in [-0.2, 0) is 28.4 Å². The number of aliphatic hydroxyl groups is 1. The molecule has 0 aliphatic carbocycles. The van der Waals surface area contributed by atoms with Gasteiger partial charge in [0.1, 0.15) is 11.9 Å². The van der Waals surface area contributed by atoms with Crippen molar-refractivity contribution in [2.75, 3.05) is 13.2 Å². The van der Waals surface area contributed by atoms with Gasteiger partial charge in [0.05, 0.1) is 23.8 Å². The number of ether oxygens (including phenoxy) is 2. The van der Waals surface area contributed by atoms with E-state index in [2.05, 4.69) is 5.32 Å². The molecule has 4 nitrogen and oxygen atoms in total. The lowest BCUT2D eigenvalue weighted by atomic mass is 10.0. The molecule has 2 N–H and O–H groups in total. The van der Waals surface area contributed by atoms with Crippen molar-refractivity contribution in [3.63, 3.8) is 0 Å². The van der Waals surface area contributed by atoms with Crippen LogP contribution in [0, 0.1) is 5.82 Å². The Kier molecular flexibility index (Phi) is 9.88. The molecule has 206 valence electrons.